The lowest BCUT2D eigenvalue weighted by Crippen LogP contribution is -2.14. The molecule has 0 spiro atoms. The summed E-state index contributed by atoms with van der Waals surface area (Å²) in [5.41, 5.74) is 0. The molecule has 20 heavy (non-hydrogen) atoms. The number of nitrogens with one attached hydrogen (secondary N) is 1. The second-order valence-corrected chi connectivity index (χ2v) is 5.05. The van der Waals surface area contributed by atoms with Crippen molar-refractivity contribution in [2.24, 2.45) is 0 Å². The first-order valence-electron chi connectivity index (χ1n) is 6.14. The van der Waals surface area contributed by atoms with E-state index in [0.717, 1.165) is 0 Å². The second kappa shape index (κ2) is 13.8. The minimum absolute atomic E-state index is 1.17. The summed E-state index contributed by atoms with van der Waals surface area (Å²) in [5.74, 6) is 0. The van der Waals surface area contributed by atoms with Gasteiger partial charge in [0.2, 0.25) is 0 Å². The highest BCUT2D eigenvalue weighted by Gasteiger charge is 2.24. The fourth-order valence-corrected chi connectivity index (χ4v) is 1.49. The van der Waals surface area contributed by atoms with Gasteiger partial charge in [0.05, 0.1) is 0 Å². The number of rotatable bonds is 10. The van der Waals surface area contributed by atoms with Crippen molar-refractivity contribution >= 4 is 7.82 Å². The van der Waals surface area contributed by atoms with Gasteiger partial charge in [0.15, 0.2) is 0 Å². The van der Waals surface area contributed by atoms with Crippen LogP contribution in [0.2, 0.25) is 0 Å². The molecule has 0 aliphatic rings. The van der Waals surface area contributed by atoms with Gasteiger partial charge in [0.25, 0.3) is 12.9 Å². The quantitative estimate of drug-likeness (QED) is 0.367. The fraction of sp³-hybridized carbons (Fsp3) is 1.00. The highest BCUT2D eigenvalue weighted by molar-refractivity contribution is 7.47. The molecule has 0 heterocycles. The molecule has 0 aromatic rings. The van der Waals surface area contributed by atoms with Gasteiger partial charge in [-0.2, -0.15) is 0 Å². The Balaban J connectivity index is 0. The Morgan fingerprint density at radius 3 is 1.60 bits per heavy atom. The topological polar surface area (TPSA) is 67.8 Å². The average molecular weight is 327 g/mol. The predicted molar refractivity (Wildman–Crippen MR) is 67.2 cm³/mol. The lowest BCUT2D eigenvalue weighted by Gasteiger charge is -2.10. The van der Waals surface area contributed by atoms with Crippen molar-refractivity contribution in [1.29, 1.82) is 0 Å². The minimum Gasteiger partial charge on any atom is -0.317 e. The number of phosphoric ester groups is 1. The van der Waals surface area contributed by atoms with E-state index in [1.54, 1.807) is 0 Å². The van der Waals surface area contributed by atoms with Gasteiger partial charge in [-0.1, -0.05) is 13.8 Å². The van der Waals surface area contributed by atoms with Crippen molar-refractivity contribution in [3.63, 3.8) is 0 Å². The van der Waals surface area contributed by atoms with Gasteiger partial charge in [-0.05, 0) is 25.9 Å². The van der Waals surface area contributed by atoms with E-state index in [4.69, 9.17) is 4.89 Å². The summed E-state index contributed by atoms with van der Waals surface area (Å²) in [6.45, 7) is 4.04. The molecule has 0 saturated carbocycles. The van der Waals surface area contributed by atoms with Gasteiger partial charge < -0.3 is 10.2 Å². The van der Waals surface area contributed by atoms with E-state index in [1.165, 1.54) is 25.9 Å². The highest BCUT2D eigenvalue weighted by Crippen LogP contribution is 2.43. The molecule has 0 atom stereocenters. The summed E-state index contributed by atoms with van der Waals surface area (Å²) in [7, 11) is -4.76. The van der Waals surface area contributed by atoms with Crippen molar-refractivity contribution < 1.29 is 36.1 Å². The van der Waals surface area contributed by atoms with Crippen LogP contribution in [0.15, 0.2) is 0 Å². The average Bonchev–Trinajstić information content (AvgIpc) is 2.36. The Morgan fingerprint density at radius 2 is 1.35 bits per heavy atom. The summed E-state index contributed by atoms with van der Waals surface area (Å²) in [6.07, 6.45) is -3.42. The number of halogens is 4. The van der Waals surface area contributed by atoms with Crippen molar-refractivity contribution in [3.8, 4) is 0 Å². The Bertz CT molecular complexity index is 239. The molecule has 0 amide bonds. The van der Waals surface area contributed by atoms with Crippen LogP contribution in [-0.2, 0) is 13.6 Å². The van der Waals surface area contributed by atoms with Crippen LogP contribution in [0.1, 0.15) is 26.7 Å². The number of hydrogen-bond donors (Lipinski definition) is 2. The van der Waals surface area contributed by atoms with Gasteiger partial charge in [-0.25, -0.2) is 22.1 Å². The zero-order valence-electron chi connectivity index (χ0n) is 11.5. The fourth-order valence-electron chi connectivity index (χ4n) is 0.817. The van der Waals surface area contributed by atoms with E-state index in [0.29, 0.717) is 0 Å². The Morgan fingerprint density at radius 1 is 1.00 bits per heavy atom. The maximum Gasteiger partial charge on any atom is 0.472 e. The van der Waals surface area contributed by atoms with E-state index >= 15 is 0 Å². The van der Waals surface area contributed by atoms with E-state index in [2.05, 4.69) is 28.2 Å². The summed E-state index contributed by atoms with van der Waals surface area (Å²) >= 11 is 0. The number of hydrogen-bond acceptors (Lipinski definition) is 4. The van der Waals surface area contributed by atoms with Gasteiger partial charge in [-0.15, -0.1) is 0 Å². The van der Waals surface area contributed by atoms with E-state index < -0.39 is 33.9 Å². The molecule has 2 N–H and O–H groups in total. The van der Waals surface area contributed by atoms with Crippen LogP contribution < -0.4 is 5.32 Å². The van der Waals surface area contributed by atoms with E-state index in [-0.39, 0.29) is 0 Å². The molecule has 0 unspecified atom stereocenters. The number of phosphoric acid groups is 1. The molecule has 0 radical (unpaired) electrons. The van der Waals surface area contributed by atoms with E-state index in [9.17, 15) is 22.1 Å². The molecule has 0 saturated heterocycles. The summed E-state index contributed by atoms with van der Waals surface area (Å²) < 4.78 is 63.4. The summed E-state index contributed by atoms with van der Waals surface area (Å²) in [6, 6.07) is 0. The third-order valence-electron chi connectivity index (χ3n) is 1.58. The molecule has 0 bridgehead atoms. The molecule has 0 rings (SSSR count). The molecule has 10 heteroatoms. The lowest BCUT2D eigenvalue weighted by molar-refractivity contribution is 0.0292. The van der Waals surface area contributed by atoms with Gasteiger partial charge in [0, 0.05) is 0 Å². The maximum atomic E-state index is 11.4. The number of alkyl halides is 4. The summed E-state index contributed by atoms with van der Waals surface area (Å²) in [4.78, 5) is 8.46. The molecular weight excluding hydrogens is 305 g/mol. The first kappa shape index (κ1) is 22.1. The SMILES string of the molecule is CCCNCCC.O=P(O)(OCC(F)F)OCC(F)F. The maximum absolute atomic E-state index is 11.4. The smallest absolute Gasteiger partial charge is 0.317 e. The van der Waals surface area contributed by atoms with Gasteiger partial charge in [0.1, 0.15) is 13.2 Å². The van der Waals surface area contributed by atoms with Crippen LogP contribution >= 0.6 is 7.82 Å². The molecule has 0 fully saturated rings. The zero-order chi connectivity index (χ0) is 16.0. The monoisotopic (exact) mass is 327 g/mol. The van der Waals surface area contributed by atoms with Crippen molar-refractivity contribution in [1.82, 2.24) is 5.32 Å². The molecule has 0 aliphatic carbocycles. The van der Waals surface area contributed by atoms with Crippen LogP contribution in [0.5, 0.6) is 0 Å². The van der Waals surface area contributed by atoms with E-state index in [1.807, 2.05) is 0 Å². The Kier molecular flexibility index (Phi) is 15.2. The Hall–Kier alpha value is -0.210. The predicted octanol–water partition coefficient (Wildman–Crippen LogP) is 3.05. The molecule has 124 valence electrons. The third kappa shape index (κ3) is 20.1. The van der Waals surface area contributed by atoms with Crippen LogP contribution in [0.4, 0.5) is 17.6 Å². The largest absolute Gasteiger partial charge is 0.472 e. The molecule has 0 aromatic heterocycles. The van der Waals surface area contributed by atoms with Gasteiger partial charge >= 0.3 is 7.82 Å². The summed E-state index contributed by atoms with van der Waals surface area (Å²) in [5, 5.41) is 3.28. The molecule has 5 nitrogen and oxygen atoms in total. The standard InChI is InChI=1S/C6H15N.C4H7F4O4P/c1-3-5-7-6-4-2;5-3(6)1-11-13(9,10)12-2-4(7)8/h7H,3-6H2,1-2H3;3-4H,1-2H2,(H,9,10). The van der Waals surface area contributed by atoms with Crippen molar-refractivity contribution in [2.45, 2.75) is 39.5 Å². The lowest BCUT2D eigenvalue weighted by atomic mass is 10.4. The normalized spacial score (nSPS) is 11.7. The van der Waals surface area contributed by atoms with Gasteiger partial charge in [-0.3, -0.25) is 9.05 Å². The first-order valence-corrected chi connectivity index (χ1v) is 7.63. The van der Waals surface area contributed by atoms with Crippen molar-refractivity contribution in [3.05, 3.63) is 0 Å². The van der Waals surface area contributed by atoms with Crippen LogP contribution in [0.3, 0.4) is 0 Å². The highest BCUT2D eigenvalue weighted by atomic mass is 31.2. The van der Waals surface area contributed by atoms with Crippen molar-refractivity contribution in [2.75, 3.05) is 26.3 Å². The zero-order valence-corrected chi connectivity index (χ0v) is 12.4. The third-order valence-corrected chi connectivity index (χ3v) is 2.53. The molecule has 0 aliphatic heterocycles. The molecule has 0 aromatic carbocycles. The molecular formula is C10H22F4NO4P. The Labute approximate surface area is 116 Å². The minimum atomic E-state index is -4.76. The van der Waals surface area contributed by atoms with Crippen LogP contribution in [0, 0.1) is 0 Å². The second-order valence-electron chi connectivity index (χ2n) is 3.59. The van der Waals surface area contributed by atoms with Crippen LogP contribution in [0.25, 0.3) is 0 Å². The van der Waals surface area contributed by atoms with Crippen LogP contribution in [-0.4, -0.2) is 44.0 Å². The first-order chi connectivity index (χ1) is 9.25.